The lowest BCUT2D eigenvalue weighted by Gasteiger charge is -2.41. The summed E-state index contributed by atoms with van der Waals surface area (Å²) in [5.41, 5.74) is 1.96. The molecule has 0 radical (unpaired) electrons. The Morgan fingerprint density at radius 3 is 2.68 bits per heavy atom. The zero-order chi connectivity index (χ0) is 13.0. The van der Waals surface area contributed by atoms with E-state index in [1.54, 1.807) is 0 Å². The van der Waals surface area contributed by atoms with Crippen molar-refractivity contribution in [2.75, 3.05) is 26.2 Å². The molecule has 2 nitrogen and oxygen atoms in total. The predicted octanol–water partition coefficient (Wildman–Crippen LogP) is 2.84. The minimum atomic E-state index is 0.477. The van der Waals surface area contributed by atoms with Crippen molar-refractivity contribution in [3.63, 3.8) is 0 Å². The van der Waals surface area contributed by atoms with Crippen LogP contribution in [0.25, 0.3) is 0 Å². The summed E-state index contributed by atoms with van der Waals surface area (Å²) >= 11 is 0. The lowest BCUT2D eigenvalue weighted by Crippen LogP contribution is -2.59. The molecule has 1 aliphatic heterocycles. The average Bonchev–Trinajstić information content (AvgIpc) is 2.88. The molecule has 0 atom stereocenters. The lowest BCUT2D eigenvalue weighted by atomic mass is 9.94. The van der Waals surface area contributed by atoms with Crippen molar-refractivity contribution in [1.29, 1.82) is 0 Å². The quantitative estimate of drug-likeness (QED) is 0.893. The number of nitrogens with one attached hydrogen (secondary N) is 1. The molecule has 1 aromatic rings. The van der Waals surface area contributed by atoms with Gasteiger partial charge in [0.15, 0.2) is 0 Å². The van der Waals surface area contributed by atoms with Gasteiger partial charge in [0.2, 0.25) is 0 Å². The van der Waals surface area contributed by atoms with Gasteiger partial charge in [-0.05, 0) is 37.8 Å². The van der Waals surface area contributed by atoms with Crippen LogP contribution in [-0.2, 0) is 6.42 Å². The van der Waals surface area contributed by atoms with Gasteiger partial charge in [0, 0.05) is 25.2 Å². The molecule has 1 saturated heterocycles. The fourth-order valence-corrected chi connectivity index (χ4v) is 3.77. The van der Waals surface area contributed by atoms with Crippen LogP contribution in [0.3, 0.4) is 0 Å². The van der Waals surface area contributed by atoms with Gasteiger partial charge in [-0.3, -0.25) is 0 Å². The van der Waals surface area contributed by atoms with Crippen molar-refractivity contribution in [1.82, 2.24) is 10.2 Å². The molecule has 1 spiro atoms. The smallest absolute Gasteiger partial charge is 0.0309 e. The maximum Gasteiger partial charge on any atom is 0.0309 e. The van der Waals surface area contributed by atoms with Crippen molar-refractivity contribution < 1.29 is 0 Å². The number of aryl methyl sites for hydroxylation is 1. The highest BCUT2D eigenvalue weighted by atomic mass is 15.2. The Morgan fingerprint density at radius 2 is 1.89 bits per heavy atom. The van der Waals surface area contributed by atoms with Gasteiger partial charge in [0.25, 0.3) is 0 Å². The summed E-state index contributed by atoms with van der Waals surface area (Å²) in [7, 11) is 0. The van der Waals surface area contributed by atoms with Crippen molar-refractivity contribution in [2.24, 2.45) is 0 Å². The van der Waals surface area contributed by atoms with Gasteiger partial charge in [0.05, 0.1) is 0 Å². The third-order valence-electron chi connectivity index (χ3n) is 4.80. The Kier molecular flexibility index (Phi) is 4.19. The number of hydrogen-bond acceptors (Lipinski definition) is 2. The van der Waals surface area contributed by atoms with Gasteiger partial charge in [-0.1, -0.05) is 43.2 Å². The number of hydrogen-bond donors (Lipinski definition) is 1. The molecule has 1 heterocycles. The van der Waals surface area contributed by atoms with Gasteiger partial charge in [-0.15, -0.1) is 0 Å². The Morgan fingerprint density at radius 1 is 1.11 bits per heavy atom. The van der Waals surface area contributed by atoms with E-state index in [0.29, 0.717) is 5.54 Å². The second-order valence-electron chi connectivity index (χ2n) is 6.28. The summed E-state index contributed by atoms with van der Waals surface area (Å²) in [6, 6.07) is 10.9. The van der Waals surface area contributed by atoms with Crippen molar-refractivity contribution in [3.8, 4) is 0 Å². The molecule has 1 aromatic carbocycles. The van der Waals surface area contributed by atoms with Crippen LogP contribution in [0.5, 0.6) is 0 Å². The Labute approximate surface area is 117 Å². The Bertz CT molecular complexity index is 382. The van der Waals surface area contributed by atoms with Gasteiger partial charge in [-0.2, -0.15) is 0 Å². The second-order valence-corrected chi connectivity index (χ2v) is 6.28. The van der Waals surface area contributed by atoms with E-state index in [-0.39, 0.29) is 0 Å². The van der Waals surface area contributed by atoms with Crippen LogP contribution in [0.4, 0.5) is 0 Å². The summed E-state index contributed by atoms with van der Waals surface area (Å²) in [5, 5.41) is 3.79. The SMILES string of the molecule is c1ccc(CCCN2CCNC3(CCCC3)C2)cc1. The zero-order valence-electron chi connectivity index (χ0n) is 11.9. The van der Waals surface area contributed by atoms with Crippen molar-refractivity contribution in [3.05, 3.63) is 35.9 Å². The van der Waals surface area contributed by atoms with Crippen LogP contribution in [0.15, 0.2) is 30.3 Å². The van der Waals surface area contributed by atoms with E-state index < -0.39 is 0 Å². The number of nitrogens with zero attached hydrogens (tertiary/aromatic N) is 1. The molecule has 1 saturated carbocycles. The standard InChI is InChI=1S/C17H26N2/c1-2-7-16(8-3-1)9-6-13-19-14-12-18-17(15-19)10-4-5-11-17/h1-3,7-8,18H,4-6,9-15H2. The van der Waals surface area contributed by atoms with Gasteiger partial charge >= 0.3 is 0 Å². The van der Waals surface area contributed by atoms with E-state index >= 15 is 0 Å². The fraction of sp³-hybridized carbons (Fsp3) is 0.647. The van der Waals surface area contributed by atoms with Gasteiger partial charge < -0.3 is 10.2 Å². The molecule has 2 heteroatoms. The predicted molar refractivity (Wildman–Crippen MR) is 80.4 cm³/mol. The molecule has 104 valence electrons. The Balaban J connectivity index is 1.45. The average molecular weight is 258 g/mol. The molecule has 0 unspecified atom stereocenters. The minimum absolute atomic E-state index is 0.477. The first kappa shape index (κ1) is 13.1. The van der Waals surface area contributed by atoms with E-state index in [1.807, 2.05) is 0 Å². The molecule has 0 amide bonds. The highest BCUT2D eigenvalue weighted by Crippen LogP contribution is 2.31. The molecule has 19 heavy (non-hydrogen) atoms. The summed E-state index contributed by atoms with van der Waals surface area (Å²) < 4.78 is 0. The largest absolute Gasteiger partial charge is 0.309 e. The lowest BCUT2D eigenvalue weighted by molar-refractivity contribution is 0.134. The van der Waals surface area contributed by atoms with Crippen LogP contribution in [0.1, 0.15) is 37.7 Å². The monoisotopic (exact) mass is 258 g/mol. The van der Waals surface area contributed by atoms with Crippen LogP contribution in [0.2, 0.25) is 0 Å². The number of piperazine rings is 1. The highest BCUT2D eigenvalue weighted by Gasteiger charge is 2.37. The number of benzene rings is 1. The van der Waals surface area contributed by atoms with Gasteiger partial charge in [-0.25, -0.2) is 0 Å². The molecule has 1 N–H and O–H groups in total. The maximum absolute atomic E-state index is 3.79. The van der Waals surface area contributed by atoms with E-state index in [0.717, 1.165) is 0 Å². The van der Waals surface area contributed by atoms with Crippen LogP contribution < -0.4 is 5.32 Å². The zero-order valence-corrected chi connectivity index (χ0v) is 11.9. The minimum Gasteiger partial charge on any atom is -0.309 e. The van der Waals surface area contributed by atoms with Crippen LogP contribution in [-0.4, -0.2) is 36.6 Å². The third-order valence-corrected chi connectivity index (χ3v) is 4.80. The van der Waals surface area contributed by atoms with Crippen LogP contribution in [0, 0.1) is 0 Å². The summed E-state index contributed by atoms with van der Waals surface area (Å²) in [6.07, 6.45) is 8.14. The van der Waals surface area contributed by atoms with E-state index in [9.17, 15) is 0 Å². The normalized spacial score (nSPS) is 22.9. The summed E-state index contributed by atoms with van der Waals surface area (Å²) in [4.78, 5) is 2.69. The molecular weight excluding hydrogens is 232 g/mol. The first-order valence-corrected chi connectivity index (χ1v) is 7.88. The summed E-state index contributed by atoms with van der Waals surface area (Å²) in [5.74, 6) is 0. The van der Waals surface area contributed by atoms with Gasteiger partial charge in [0.1, 0.15) is 0 Å². The van der Waals surface area contributed by atoms with Crippen LogP contribution >= 0.6 is 0 Å². The van der Waals surface area contributed by atoms with Crippen molar-refractivity contribution >= 4 is 0 Å². The molecule has 0 aromatic heterocycles. The van der Waals surface area contributed by atoms with E-state index in [2.05, 4.69) is 40.5 Å². The second kappa shape index (κ2) is 6.06. The molecular formula is C17H26N2. The summed E-state index contributed by atoms with van der Waals surface area (Å²) in [6.45, 7) is 4.96. The molecule has 3 rings (SSSR count). The molecule has 2 aliphatic rings. The fourth-order valence-electron chi connectivity index (χ4n) is 3.77. The topological polar surface area (TPSA) is 15.3 Å². The first-order valence-electron chi connectivity index (χ1n) is 7.88. The molecule has 0 bridgehead atoms. The number of rotatable bonds is 4. The van der Waals surface area contributed by atoms with E-state index in [1.165, 1.54) is 70.3 Å². The first-order chi connectivity index (χ1) is 9.36. The Hall–Kier alpha value is -0.860. The highest BCUT2D eigenvalue weighted by molar-refractivity contribution is 5.14. The van der Waals surface area contributed by atoms with E-state index in [4.69, 9.17) is 0 Å². The third kappa shape index (κ3) is 3.37. The van der Waals surface area contributed by atoms with Crippen molar-refractivity contribution in [2.45, 2.75) is 44.1 Å². The maximum atomic E-state index is 3.79. The molecule has 2 fully saturated rings. The molecule has 1 aliphatic carbocycles.